The second-order valence-corrected chi connectivity index (χ2v) is 6.52. The molecule has 1 amide bonds. The van der Waals surface area contributed by atoms with Crippen molar-refractivity contribution in [3.05, 3.63) is 11.7 Å². The number of nitrogens with zero attached hydrogens (tertiary/aromatic N) is 2. The zero-order valence-electron chi connectivity index (χ0n) is 13.1. The molecule has 0 aliphatic carbocycles. The van der Waals surface area contributed by atoms with Crippen molar-refractivity contribution in [2.24, 2.45) is 5.92 Å². The number of carbonyl (C=O) groups is 1. The van der Waals surface area contributed by atoms with Gasteiger partial charge in [-0.05, 0) is 38.8 Å². The van der Waals surface area contributed by atoms with Gasteiger partial charge in [-0.15, -0.1) is 12.4 Å². The summed E-state index contributed by atoms with van der Waals surface area (Å²) >= 11 is 0. The molecule has 0 radical (unpaired) electrons. The Morgan fingerprint density at radius 3 is 2.52 bits per heavy atom. The van der Waals surface area contributed by atoms with Gasteiger partial charge >= 0.3 is 11.8 Å². The number of hydrogen-bond donors (Lipinski definition) is 2. The highest BCUT2D eigenvalue weighted by Gasteiger charge is 2.26. The molecular weight excluding hydrogens is 292 g/mol. The van der Waals surface area contributed by atoms with E-state index >= 15 is 0 Å². The van der Waals surface area contributed by atoms with Crippen LogP contribution in [0.2, 0.25) is 0 Å². The molecule has 0 unspecified atom stereocenters. The molecule has 1 atom stereocenters. The van der Waals surface area contributed by atoms with E-state index in [2.05, 4.69) is 20.8 Å². The standard InChI is InChI=1S/C14H24N4O2.ClH/c1-9(10-5-7-15-8-6-10)16-11(19)12-17-13(18-20-12)14(2,3)4;/h9-10,15H,5-8H2,1-4H3,(H,16,19);1H/t9-;/m1./s1. The van der Waals surface area contributed by atoms with Crippen molar-refractivity contribution < 1.29 is 9.32 Å². The number of amides is 1. The molecule has 1 aromatic rings. The first-order valence-electron chi connectivity index (χ1n) is 7.23. The van der Waals surface area contributed by atoms with Gasteiger partial charge in [0.05, 0.1) is 0 Å². The van der Waals surface area contributed by atoms with E-state index in [-0.39, 0.29) is 35.7 Å². The summed E-state index contributed by atoms with van der Waals surface area (Å²) in [7, 11) is 0. The predicted octanol–water partition coefficient (Wildman–Crippen LogP) is 1.91. The quantitative estimate of drug-likeness (QED) is 0.890. The lowest BCUT2D eigenvalue weighted by molar-refractivity contribution is 0.0876. The topological polar surface area (TPSA) is 80.1 Å². The molecule has 0 saturated carbocycles. The second-order valence-electron chi connectivity index (χ2n) is 6.52. The highest BCUT2D eigenvalue weighted by Crippen LogP contribution is 2.19. The number of halogens is 1. The third-order valence-corrected chi connectivity index (χ3v) is 3.74. The van der Waals surface area contributed by atoms with Crippen LogP contribution in [0.1, 0.15) is 57.0 Å². The van der Waals surface area contributed by atoms with Crippen LogP contribution >= 0.6 is 12.4 Å². The molecule has 0 bridgehead atoms. The fraction of sp³-hybridized carbons (Fsp3) is 0.786. The van der Waals surface area contributed by atoms with Crippen molar-refractivity contribution >= 4 is 18.3 Å². The van der Waals surface area contributed by atoms with E-state index in [1.807, 2.05) is 27.7 Å². The van der Waals surface area contributed by atoms with Gasteiger partial charge in [-0.2, -0.15) is 4.98 Å². The van der Waals surface area contributed by atoms with E-state index in [0.717, 1.165) is 25.9 Å². The highest BCUT2D eigenvalue weighted by atomic mass is 35.5. The molecule has 120 valence electrons. The zero-order valence-corrected chi connectivity index (χ0v) is 13.9. The first-order valence-corrected chi connectivity index (χ1v) is 7.23. The fourth-order valence-corrected chi connectivity index (χ4v) is 2.35. The number of carbonyl (C=O) groups excluding carboxylic acids is 1. The van der Waals surface area contributed by atoms with E-state index in [0.29, 0.717) is 11.7 Å². The Bertz CT molecular complexity index is 464. The van der Waals surface area contributed by atoms with Crippen LogP contribution in [0.25, 0.3) is 0 Å². The first kappa shape index (κ1) is 17.9. The highest BCUT2D eigenvalue weighted by molar-refractivity contribution is 5.89. The van der Waals surface area contributed by atoms with Gasteiger partial charge < -0.3 is 15.2 Å². The van der Waals surface area contributed by atoms with Crippen LogP contribution in [0.15, 0.2) is 4.52 Å². The van der Waals surface area contributed by atoms with Gasteiger partial charge in [0.1, 0.15) is 0 Å². The third kappa shape index (κ3) is 4.68. The third-order valence-electron chi connectivity index (χ3n) is 3.74. The van der Waals surface area contributed by atoms with Crippen molar-refractivity contribution in [1.82, 2.24) is 20.8 Å². The van der Waals surface area contributed by atoms with Crippen molar-refractivity contribution in [2.45, 2.75) is 52.0 Å². The largest absolute Gasteiger partial charge is 0.345 e. The maximum absolute atomic E-state index is 12.1. The Kier molecular flexibility index (Phi) is 6.16. The molecule has 1 saturated heterocycles. The Morgan fingerprint density at radius 2 is 2.00 bits per heavy atom. The molecule has 1 aliphatic heterocycles. The van der Waals surface area contributed by atoms with E-state index in [9.17, 15) is 4.79 Å². The summed E-state index contributed by atoms with van der Waals surface area (Å²) in [6, 6.07) is 0.120. The van der Waals surface area contributed by atoms with Crippen LogP contribution < -0.4 is 10.6 Å². The minimum Gasteiger partial charge on any atom is -0.345 e. The van der Waals surface area contributed by atoms with Crippen LogP contribution in [0.3, 0.4) is 0 Å². The molecule has 1 aromatic heterocycles. The molecule has 0 aromatic carbocycles. The van der Waals surface area contributed by atoms with E-state index < -0.39 is 0 Å². The zero-order chi connectivity index (χ0) is 14.8. The molecule has 1 fully saturated rings. The predicted molar refractivity (Wildman–Crippen MR) is 82.8 cm³/mol. The number of nitrogens with one attached hydrogen (secondary N) is 2. The summed E-state index contributed by atoms with van der Waals surface area (Å²) in [4.78, 5) is 16.3. The van der Waals surface area contributed by atoms with Gasteiger partial charge in [0.15, 0.2) is 5.82 Å². The molecule has 2 rings (SSSR count). The van der Waals surface area contributed by atoms with Crippen molar-refractivity contribution in [3.8, 4) is 0 Å². The maximum Gasteiger partial charge on any atom is 0.315 e. The lowest BCUT2D eigenvalue weighted by atomic mass is 9.91. The molecule has 1 aliphatic rings. The SMILES string of the molecule is C[C@@H](NC(=O)c1nc(C(C)(C)C)no1)C1CCNCC1.Cl. The molecule has 0 spiro atoms. The fourth-order valence-electron chi connectivity index (χ4n) is 2.35. The van der Waals surface area contributed by atoms with Gasteiger partial charge in [0.25, 0.3) is 0 Å². The minimum atomic E-state index is -0.279. The van der Waals surface area contributed by atoms with Crippen LogP contribution in [-0.2, 0) is 5.41 Å². The average molecular weight is 317 g/mol. The number of hydrogen-bond acceptors (Lipinski definition) is 5. The lowest BCUT2D eigenvalue weighted by Gasteiger charge is -2.28. The van der Waals surface area contributed by atoms with Crippen molar-refractivity contribution in [1.29, 1.82) is 0 Å². The molecule has 7 heteroatoms. The average Bonchev–Trinajstić information content (AvgIpc) is 2.89. The van der Waals surface area contributed by atoms with Gasteiger partial charge in [-0.1, -0.05) is 25.9 Å². The van der Waals surface area contributed by atoms with Crippen LogP contribution in [0.5, 0.6) is 0 Å². The number of rotatable bonds is 3. The van der Waals surface area contributed by atoms with Gasteiger partial charge in [0, 0.05) is 11.5 Å². The monoisotopic (exact) mass is 316 g/mol. The van der Waals surface area contributed by atoms with Crippen LogP contribution in [0.4, 0.5) is 0 Å². The Hall–Kier alpha value is -1.14. The molecule has 6 nitrogen and oxygen atoms in total. The maximum atomic E-state index is 12.1. The van der Waals surface area contributed by atoms with Crippen molar-refractivity contribution in [2.75, 3.05) is 13.1 Å². The van der Waals surface area contributed by atoms with Crippen LogP contribution in [0, 0.1) is 5.92 Å². The van der Waals surface area contributed by atoms with Crippen LogP contribution in [-0.4, -0.2) is 35.2 Å². The normalized spacial score (nSPS) is 17.9. The lowest BCUT2D eigenvalue weighted by Crippen LogP contribution is -2.42. The summed E-state index contributed by atoms with van der Waals surface area (Å²) < 4.78 is 5.06. The smallest absolute Gasteiger partial charge is 0.315 e. The molecule has 21 heavy (non-hydrogen) atoms. The summed E-state index contributed by atoms with van der Waals surface area (Å²) in [6.45, 7) is 10.0. The van der Waals surface area contributed by atoms with Gasteiger partial charge in [-0.25, -0.2) is 0 Å². The number of aromatic nitrogens is 2. The Balaban J connectivity index is 0.00000220. The summed E-state index contributed by atoms with van der Waals surface area (Å²) in [6.07, 6.45) is 2.16. The molecule has 2 heterocycles. The molecule has 2 N–H and O–H groups in total. The van der Waals surface area contributed by atoms with Crippen molar-refractivity contribution in [3.63, 3.8) is 0 Å². The Morgan fingerprint density at radius 1 is 1.38 bits per heavy atom. The Labute approximate surface area is 131 Å². The van der Waals surface area contributed by atoms with E-state index in [4.69, 9.17) is 4.52 Å². The van der Waals surface area contributed by atoms with Gasteiger partial charge in [0.2, 0.25) is 0 Å². The first-order chi connectivity index (χ1) is 9.38. The summed E-state index contributed by atoms with van der Waals surface area (Å²) in [5, 5.41) is 10.2. The summed E-state index contributed by atoms with van der Waals surface area (Å²) in [5.74, 6) is 0.831. The number of piperidine rings is 1. The second kappa shape index (κ2) is 7.22. The van der Waals surface area contributed by atoms with E-state index in [1.54, 1.807) is 0 Å². The molecular formula is C14H25ClN4O2. The summed E-state index contributed by atoms with van der Waals surface area (Å²) in [5.41, 5.74) is -0.220. The van der Waals surface area contributed by atoms with E-state index in [1.165, 1.54) is 0 Å². The minimum absolute atomic E-state index is 0. The van der Waals surface area contributed by atoms with Gasteiger partial charge in [-0.3, -0.25) is 4.79 Å².